The van der Waals surface area contributed by atoms with Crippen LogP contribution in [-0.2, 0) is 11.3 Å². The van der Waals surface area contributed by atoms with Crippen LogP contribution in [0.4, 0.5) is 13.2 Å². The average Bonchev–Trinajstić information content (AvgIpc) is 3.61. The van der Waals surface area contributed by atoms with Crippen LogP contribution in [0, 0.1) is 12.8 Å². The number of hydrogen-bond donors (Lipinski definition) is 1. The lowest BCUT2D eigenvalue weighted by Gasteiger charge is -2.19. The van der Waals surface area contributed by atoms with Gasteiger partial charge in [0, 0.05) is 22.5 Å². The molecule has 0 bridgehead atoms. The van der Waals surface area contributed by atoms with E-state index in [1.165, 1.54) is 18.2 Å². The number of halogens is 5. The average molecular weight is 492 g/mol. The monoisotopic (exact) mass is 491 g/mol. The Hall–Kier alpha value is -2.50. The fourth-order valence-corrected chi connectivity index (χ4v) is 4.31. The molecule has 33 heavy (non-hydrogen) atoms. The van der Waals surface area contributed by atoms with Crippen molar-refractivity contribution in [2.24, 2.45) is 5.92 Å². The van der Waals surface area contributed by atoms with E-state index in [-0.39, 0.29) is 27.4 Å². The largest absolute Gasteiger partial charge is 0.399 e. The van der Waals surface area contributed by atoms with Gasteiger partial charge in [-0.05, 0) is 64.9 Å². The highest BCUT2D eigenvalue weighted by Crippen LogP contribution is 2.40. The smallest absolute Gasteiger partial charge is 0.352 e. The predicted octanol–water partition coefficient (Wildman–Crippen LogP) is 7.84. The minimum Gasteiger partial charge on any atom is -0.352 e. The summed E-state index contributed by atoms with van der Waals surface area (Å²) in [5.41, 5.74) is 2.10. The summed E-state index contributed by atoms with van der Waals surface area (Å²) in [6.07, 6.45) is -0.0498. The van der Waals surface area contributed by atoms with Crippen LogP contribution < -0.4 is 5.32 Å². The number of nitrogens with one attached hydrogen (secondary N) is 1. The van der Waals surface area contributed by atoms with Crippen molar-refractivity contribution in [3.63, 3.8) is 0 Å². The number of fused-ring (bicyclic) bond motifs is 1. The van der Waals surface area contributed by atoms with E-state index in [9.17, 15) is 18.0 Å². The van der Waals surface area contributed by atoms with E-state index in [4.69, 9.17) is 23.2 Å². The summed E-state index contributed by atoms with van der Waals surface area (Å²) in [5.74, 6) is -1.70. The molecule has 1 N–H and O–H groups in total. The third-order valence-corrected chi connectivity index (χ3v) is 6.72. The third-order valence-electron chi connectivity index (χ3n) is 5.93. The molecule has 0 heterocycles. The molecule has 2 nitrogen and oxygen atoms in total. The molecule has 0 saturated heterocycles. The van der Waals surface area contributed by atoms with Crippen molar-refractivity contribution in [1.82, 2.24) is 5.32 Å². The first-order valence-corrected chi connectivity index (χ1v) is 11.4. The first kappa shape index (κ1) is 23.7. The molecule has 1 aliphatic carbocycles. The zero-order valence-electron chi connectivity index (χ0n) is 17.8. The van der Waals surface area contributed by atoms with Gasteiger partial charge in [0.25, 0.3) is 0 Å². The number of benzene rings is 3. The molecule has 1 atom stereocenters. The van der Waals surface area contributed by atoms with E-state index >= 15 is 0 Å². The number of rotatable bonds is 6. The van der Waals surface area contributed by atoms with E-state index in [1.54, 1.807) is 13.0 Å². The molecule has 172 valence electrons. The van der Waals surface area contributed by atoms with Gasteiger partial charge in [0.15, 0.2) is 0 Å². The molecule has 3 aromatic rings. The van der Waals surface area contributed by atoms with Crippen LogP contribution in [0.25, 0.3) is 16.8 Å². The summed E-state index contributed by atoms with van der Waals surface area (Å²) in [6, 6.07) is 13.7. The summed E-state index contributed by atoms with van der Waals surface area (Å²) in [5, 5.41) is 5.05. The Morgan fingerprint density at radius 2 is 1.73 bits per heavy atom. The Balaban J connectivity index is 1.67. The van der Waals surface area contributed by atoms with Gasteiger partial charge in [0.2, 0.25) is 5.91 Å². The molecule has 0 spiro atoms. The van der Waals surface area contributed by atoms with Crippen molar-refractivity contribution in [3.05, 3.63) is 86.9 Å². The maximum atomic E-state index is 13.9. The Morgan fingerprint density at radius 3 is 2.33 bits per heavy atom. The first-order chi connectivity index (χ1) is 15.6. The van der Waals surface area contributed by atoms with E-state index in [0.29, 0.717) is 17.7 Å². The summed E-state index contributed by atoms with van der Waals surface area (Å²) in [4.78, 5) is 12.0. The minimum atomic E-state index is -4.51. The van der Waals surface area contributed by atoms with Crippen molar-refractivity contribution < 1.29 is 18.0 Å². The Kier molecular flexibility index (Phi) is 6.73. The molecular formula is C26H22Cl2F3NO. The lowest BCUT2D eigenvalue weighted by Crippen LogP contribution is -2.24. The van der Waals surface area contributed by atoms with Crippen molar-refractivity contribution in [2.75, 3.05) is 0 Å². The number of carbonyl (C=O) groups is 1. The van der Waals surface area contributed by atoms with Crippen LogP contribution >= 0.6 is 23.2 Å². The summed E-state index contributed by atoms with van der Waals surface area (Å²) >= 11 is 12.2. The van der Waals surface area contributed by atoms with Crippen molar-refractivity contribution in [1.29, 1.82) is 0 Å². The lowest BCUT2D eigenvalue weighted by molar-refractivity contribution is -0.139. The highest BCUT2D eigenvalue weighted by molar-refractivity contribution is 6.36. The van der Waals surface area contributed by atoms with E-state index in [2.05, 4.69) is 5.32 Å². The standard InChI is InChI=1S/C26H22Cl2F3NO/c1-15-23(27)12-19(13-24(15)28)22(26(29,30)31)11-10-16-6-9-18(14-32-25(33)17-7-8-17)21-5-3-2-4-20(16)21/h2-6,9-13,17,22H,7-8,14H2,1H3,(H,32,33)/b11-10+. The van der Waals surface area contributed by atoms with Gasteiger partial charge in [-0.3, -0.25) is 4.79 Å². The van der Waals surface area contributed by atoms with Crippen molar-refractivity contribution in [2.45, 2.75) is 38.4 Å². The van der Waals surface area contributed by atoms with Gasteiger partial charge >= 0.3 is 6.18 Å². The fourth-order valence-electron chi connectivity index (χ4n) is 3.81. The Bertz CT molecular complexity index is 1210. The molecule has 1 saturated carbocycles. The molecule has 0 radical (unpaired) electrons. The number of hydrogen-bond acceptors (Lipinski definition) is 1. The van der Waals surface area contributed by atoms with Gasteiger partial charge < -0.3 is 5.32 Å². The van der Waals surface area contributed by atoms with Crippen LogP contribution in [0.2, 0.25) is 10.0 Å². The molecule has 0 aliphatic heterocycles. The lowest BCUT2D eigenvalue weighted by atomic mass is 9.94. The molecule has 7 heteroatoms. The zero-order valence-corrected chi connectivity index (χ0v) is 19.4. The van der Waals surface area contributed by atoms with Gasteiger partial charge in [-0.2, -0.15) is 13.2 Å². The zero-order chi connectivity index (χ0) is 23.8. The number of carbonyl (C=O) groups excluding carboxylic acids is 1. The second-order valence-corrected chi connectivity index (χ2v) is 9.15. The molecule has 1 unspecified atom stereocenters. The topological polar surface area (TPSA) is 29.1 Å². The van der Waals surface area contributed by atoms with Gasteiger partial charge in [-0.1, -0.05) is 71.8 Å². The Morgan fingerprint density at radius 1 is 1.09 bits per heavy atom. The predicted molar refractivity (Wildman–Crippen MR) is 128 cm³/mol. The first-order valence-electron chi connectivity index (χ1n) is 10.6. The van der Waals surface area contributed by atoms with Crippen molar-refractivity contribution >= 4 is 46.0 Å². The maximum absolute atomic E-state index is 13.9. The van der Waals surface area contributed by atoms with Crippen LogP contribution in [0.5, 0.6) is 0 Å². The third kappa shape index (κ3) is 5.36. The Labute approximate surface area is 200 Å². The van der Waals surface area contributed by atoms with Crippen LogP contribution in [0.3, 0.4) is 0 Å². The molecule has 1 amide bonds. The van der Waals surface area contributed by atoms with Gasteiger partial charge in [0.05, 0.1) is 5.92 Å². The van der Waals surface area contributed by atoms with E-state index in [0.717, 1.165) is 35.3 Å². The molecule has 1 fully saturated rings. The van der Waals surface area contributed by atoms with E-state index < -0.39 is 12.1 Å². The molecule has 0 aromatic heterocycles. The SMILES string of the molecule is Cc1c(Cl)cc(C(/C=C/c2ccc(CNC(=O)C3CC3)c3ccccc23)C(F)(F)F)cc1Cl. The second-order valence-electron chi connectivity index (χ2n) is 8.34. The number of allylic oxidation sites excluding steroid dienone is 1. The van der Waals surface area contributed by atoms with Gasteiger partial charge in [-0.15, -0.1) is 0 Å². The summed E-state index contributed by atoms with van der Waals surface area (Å²) in [7, 11) is 0. The number of alkyl halides is 3. The van der Waals surface area contributed by atoms with Crippen LogP contribution in [-0.4, -0.2) is 12.1 Å². The molecular weight excluding hydrogens is 470 g/mol. The van der Waals surface area contributed by atoms with Crippen LogP contribution in [0.15, 0.2) is 54.6 Å². The molecule has 3 aromatic carbocycles. The molecule has 4 rings (SSSR count). The summed E-state index contributed by atoms with van der Waals surface area (Å²) < 4.78 is 41.8. The minimum absolute atomic E-state index is 0.0111. The maximum Gasteiger partial charge on any atom is 0.399 e. The molecule has 1 aliphatic rings. The van der Waals surface area contributed by atoms with Gasteiger partial charge in [0.1, 0.15) is 0 Å². The van der Waals surface area contributed by atoms with Crippen molar-refractivity contribution in [3.8, 4) is 0 Å². The quantitative estimate of drug-likeness (QED) is 0.373. The van der Waals surface area contributed by atoms with E-state index in [1.807, 2.05) is 30.3 Å². The second kappa shape index (κ2) is 9.40. The summed E-state index contributed by atoms with van der Waals surface area (Å²) in [6.45, 7) is 2.04. The normalized spacial score (nSPS) is 15.2. The number of amides is 1. The van der Waals surface area contributed by atoms with Crippen LogP contribution in [0.1, 0.15) is 41.0 Å². The fraction of sp³-hybridized carbons (Fsp3) is 0.269. The highest BCUT2D eigenvalue weighted by Gasteiger charge is 2.39. The van der Waals surface area contributed by atoms with Gasteiger partial charge in [-0.25, -0.2) is 0 Å². The highest BCUT2D eigenvalue weighted by atomic mass is 35.5.